The normalized spacial score (nSPS) is 13.9. The molecule has 194 valence electrons. The standard InChI is InChI=1S/C26H22F3N7O2/c1-15(37)35-12-8-16(9-13-35)22-20-7-11-32-25(30)36(20)23(34-22)17-2-4-18(5-3-17)24(38)33-21-14-19(6-10-31-21)26(27,28)29/h2-8,10-11,14H,9,12-13H2,1H3,(H2,30,32)(H,31,33,38). The number of pyridine rings is 1. The maximum Gasteiger partial charge on any atom is 0.416 e. The molecule has 38 heavy (non-hydrogen) atoms. The summed E-state index contributed by atoms with van der Waals surface area (Å²) >= 11 is 0. The van der Waals surface area contributed by atoms with Crippen molar-refractivity contribution in [2.75, 3.05) is 24.1 Å². The first-order chi connectivity index (χ1) is 18.1. The zero-order valence-corrected chi connectivity index (χ0v) is 20.2. The van der Waals surface area contributed by atoms with Crippen LogP contribution in [0.1, 0.15) is 35.0 Å². The molecule has 0 saturated carbocycles. The Hall–Kier alpha value is -4.74. The fraction of sp³-hybridized carbons (Fsp3) is 0.192. The van der Waals surface area contributed by atoms with E-state index < -0.39 is 17.6 Å². The van der Waals surface area contributed by atoms with Crippen molar-refractivity contribution in [2.24, 2.45) is 0 Å². The number of nitrogens with two attached hydrogens (primary N) is 1. The Morgan fingerprint density at radius 2 is 1.79 bits per heavy atom. The number of hydrogen-bond donors (Lipinski definition) is 2. The first kappa shape index (κ1) is 24.9. The number of benzene rings is 1. The van der Waals surface area contributed by atoms with Gasteiger partial charge in [-0.05, 0) is 42.3 Å². The molecule has 3 N–H and O–H groups in total. The number of nitrogens with zero attached hydrogens (tertiary/aromatic N) is 5. The van der Waals surface area contributed by atoms with Gasteiger partial charge in [-0.1, -0.05) is 18.2 Å². The molecule has 2 amide bonds. The maximum absolute atomic E-state index is 13.0. The van der Waals surface area contributed by atoms with Crippen LogP contribution in [0.5, 0.6) is 0 Å². The number of amides is 2. The molecule has 0 aliphatic carbocycles. The highest BCUT2D eigenvalue weighted by Gasteiger charge is 2.31. The van der Waals surface area contributed by atoms with Crippen LogP contribution in [0.2, 0.25) is 0 Å². The van der Waals surface area contributed by atoms with Crippen LogP contribution in [0.4, 0.5) is 24.9 Å². The largest absolute Gasteiger partial charge is 0.416 e. The van der Waals surface area contributed by atoms with E-state index in [-0.39, 0.29) is 23.2 Å². The average Bonchev–Trinajstić information content (AvgIpc) is 3.29. The summed E-state index contributed by atoms with van der Waals surface area (Å²) in [6.45, 7) is 2.61. The van der Waals surface area contributed by atoms with Crippen molar-refractivity contribution in [2.45, 2.75) is 19.5 Å². The lowest BCUT2D eigenvalue weighted by Gasteiger charge is -2.24. The number of rotatable bonds is 4. The second-order valence-electron chi connectivity index (χ2n) is 8.71. The summed E-state index contributed by atoms with van der Waals surface area (Å²) in [5.41, 5.74) is 8.64. The molecule has 0 fully saturated rings. The van der Waals surface area contributed by atoms with Gasteiger partial charge >= 0.3 is 6.18 Å². The Morgan fingerprint density at radius 3 is 2.45 bits per heavy atom. The van der Waals surface area contributed by atoms with Gasteiger partial charge in [0.1, 0.15) is 11.6 Å². The lowest BCUT2D eigenvalue weighted by molar-refractivity contribution is -0.137. The highest BCUT2D eigenvalue weighted by atomic mass is 19.4. The Bertz CT molecular complexity index is 1580. The van der Waals surface area contributed by atoms with Crippen LogP contribution in [0, 0.1) is 0 Å². The molecule has 4 aromatic rings. The number of imidazole rings is 1. The average molecular weight is 522 g/mol. The van der Waals surface area contributed by atoms with Crippen LogP contribution in [0.15, 0.2) is 60.9 Å². The molecule has 0 radical (unpaired) electrons. The molecule has 4 heterocycles. The third kappa shape index (κ3) is 4.80. The number of nitrogens with one attached hydrogen (secondary N) is 1. The summed E-state index contributed by atoms with van der Waals surface area (Å²) in [5.74, 6) is -0.0593. The molecular formula is C26H22F3N7O2. The number of anilines is 2. The fourth-order valence-electron chi connectivity index (χ4n) is 4.30. The minimum Gasteiger partial charge on any atom is -0.369 e. The van der Waals surface area contributed by atoms with E-state index in [0.29, 0.717) is 30.9 Å². The topological polar surface area (TPSA) is 119 Å². The predicted molar refractivity (Wildman–Crippen MR) is 135 cm³/mol. The lowest BCUT2D eigenvalue weighted by atomic mass is 10.0. The maximum atomic E-state index is 13.0. The van der Waals surface area contributed by atoms with Gasteiger partial charge in [-0.25, -0.2) is 15.0 Å². The van der Waals surface area contributed by atoms with E-state index in [4.69, 9.17) is 10.7 Å². The lowest BCUT2D eigenvalue weighted by Crippen LogP contribution is -2.32. The number of carbonyl (C=O) groups is 2. The number of alkyl halides is 3. The van der Waals surface area contributed by atoms with Crippen molar-refractivity contribution in [3.8, 4) is 11.4 Å². The molecule has 5 rings (SSSR count). The smallest absolute Gasteiger partial charge is 0.369 e. The molecule has 1 aliphatic rings. The summed E-state index contributed by atoms with van der Waals surface area (Å²) in [4.78, 5) is 38.9. The van der Waals surface area contributed by atoms with Crippen LogP contribution in [0.25, 0.3) is 22.5 Å². The van der Waals surface area contributed by atoms with E-state index in [2.05, 4.69) is 15.3 Å². The molecule has 0 atom stereocenters. The van der Waals surface area contributed by atoms with Gasteiger partial charge in [0.25, 0.3) is 5.91 Å². The number of aromatic nitrogens is 4. The van der Waals surface area contributed by atoms with Crippen molar-refractivity contribution < 1.29 is 22.8 Å². The Labute approximate surface area is 214 Å². The van der Waals surface area contributed by atoms with E-state index in [1.165, 1.54) is 19.1 Å². The van der Waals surface area contributed by atoms with E-state index in [1.54, 1.807) is 27.6 Å². The van der Waals surface area contributed by atoms with Gasteiger partial charge in [0.2, 0.25) is 11.9 Å². The number of fused-ring (bicyclic) bond motifs is 1. The minimum absolute atomic E-state index is 0.0112. The van der Waals surface area contributed by atoms with Crippen molar-refractivity contribution >= 4 is 34.7 Å². The van der Waals surface area contributed by atoms with Crippen molar-refractivity contribution in [3.05, 3.63) is 77.8 Å². The Morgan fingerprint density at radius 1 is 1.05 bits per heavy atom. The van der Waals surface area contributed by atoms with Gasteiger partial charge in [0, 0.05) is 43.5 Å². The number of nitrogen functional groups attached to an aromatic ring is 1. The Balaban J connectivity index is 1.44. The number of halogens is 3. The molecule has 9 nitrogen and oxygen atoms in total. The third-order valence-corrected chi connectivity index (χ3v) is 6.27. The van der Waals surface area contributed by atoms with Gasteiger partial charge in [-0.2, -0.15) is 13.2 Å². The van der Waals surface area contributed by atoms with Gasteiger partial charge in [0.05, 0.1) is 16.8 Å². The van der Waals surface area contributed by atoms with E-state index in [0.717, 1.165) is 35.1 Å². The van der Waals surface area contributed by atoms with Gasteiger partial charge in [0.15, 0.2) is 0 Å². The monoisotopic (exact) mass is 521 g/mol. The predicted octanol–water partition coefficient (Wildman–Crippen LogP) is 4.28. The summed E-state index contributed by atoms with van der Waals surface area (Å²) in [6, 6.07) is 9.84. The molecule has 1 aromatic carbocycles. The van der Waals surface area contributed by atoms with Crippen LogP contribution in [-0.2, 0) is 11.0 Å². The van der Waals surface area contributed by atoms with Crippen LogP contribution < -0.4 is 11.1 Å². The van der Waals surface area contributed by atoms with Gasteiger partial charge in [-0.3, -0.25) is 14.0 Å². The highest BCUT2D eigenvalue weighted by Crippen LogP contribution is 2.32. The van der Waals surface area contributed by atoms with Crippen LogP contribution in [0.3, 0.4) is 0 Å². The third-order valence-electron chi connectivity index (χ3n) is 6.27. The highest BCUT2D eigenvalue weighted by molar-refractivity contribution is 6.04. The zero-order chi connectivity index (χ0) is 27.0. The molecule has 3 aromatic heterocycles. The van der Waals surface area contributed by atoms with Gasteiger partial charge in [-0.15, -0.1) is 0 Å². The summed E-state index contributed by atoms with van der Waals surface area (Å²) < 4.78 is 40.6. The first-order valence-electron chi connectivity index (χ1n) is 11.6. The van der Waals surface area contributed by atoms with Crippen molar-refractivity contribution in [3.63, 3.8) is 0 Å². The second-order valence-corrected chi connectivity index (χ2v) is 8.71. The summed E-state index contributed by atoms with van der Waals surface area (Å²) in [5, 5.41) is 2.39. The molecular weight excluding hydrogens is 499 g/mol. The van der Waals surface area contributed by atoms with Crippen LogP contribution in [-0.4, -0.2) is 49.2 Å². The molecule has 0 spiro atoms. The molecule has 1 aliphatic heterocycles. The second kappa shape index (κ2) is 9.61. The molecule has 12 heteroatoms. The zero-order valence-electron chi connectivity index (χ0n) is 20.2. The van der Waals surface area contributed by atoms with Crippen molar-refractivity contribution in [1.82, 2.24) is 24.3 Å². The Kier molecular flexibility index (Phi) is 6.31. The van der Waals surface area contributed by atoms with E-state index in [1.807, 2.05) is 12.1 Å². The van der Waals surface area contributed by atoms with Crippen LogP contribution >= 0.6 is 0 Å². The van der Waals surface area contributed by atoms with E-state index in [9.17, 15) is 22.8 Å². The molecule has 0 unspecified atom stereocenters. The summed E-state index contributed by atoms with van der Waals surface area (Å²) in [6.07, 6.45) is 0.646. The number of carbonyl (C=O) groups excluding carboxylic acids is 2. The molecule has 0 saturated heterocycles. The van der Waals surface area contributed by atoms with Gasteiger partial charge < -0.3 is 16.0 Å². The quantitative estimate of drug-likeness (QED) is 0.414. The fourth-order valence-corrected chi connectivity index (χ4v) is 4.30. The minimum atomic E-state index is -4.55. The first-order valence-corrected chi connectivity index (χ1v) is 11.6. The molecule has 0 bridgehead atoms. The number of hydrogen-bond acceptors (Lipinski definition) is 6. The van der Waals surface area contributed by atoms with Crippen molar-refractivity contribution in [1.29, 1.82) is 0 Å². The summed E-state index contributed by atoms with van der Waals surface area (Å²) in [7, 11) is 0. The van der Waals surface area contributed by atoms with E-state index >= 15 is 0 Å². The SMILES string of the molecule is CC(=O)N1CC=C(c2nc(-c3ccc(C(=O)Nc4cc(C(F)(F)F)ccn4)cc3)n3c(N)nccc23)CC1.